The number of hydrogen-bond donors (Lipinski definition) is 3. The smallest absolute Gasteiger partial charge is 0.372 e. The van der Waals surface area contributed by atoms with Crippen LogP contribution < -0.4 is 5.73 Å². The molecular weight excluding hydrogens is 304 g/mol. The summed E-state index contributed by atoms with van der Waals surface area (Å²) in [6.07, 6.45) is 0.817. The molecule has 0 aliphatic rings. The summed E-state index contributed by atoms with van der Waals surface area (Å²) in [6.45, 7) is 0. The maximum atomic E-state index is 11.7. The third kappa shape index (κ3) is 4.01. The molecule has 2 rings (SSSR count). The van der Waals surface area contributed by atoms with Gasteiger partial charge in [0, 0.05) is 23.5 Å². The number of hydrogen-bond acceptors (Lipinski definition) is 6. The van der Waals surface area contributed by atoms with Crippen molar-refractivity contribution in [1.29, 1.82) is 0 Å². The molecule has 0 aliphatic heterocycles. The van der Waals surface area contributed by atoms with E-state index in [1.807, 2.05) is 24.3 Å². The van der Waals surface area contributed by atoms with Crippen LogP contribution in [-0.4, -0.2) is 39.8 Å². The molecule has 0 spiro atoms. The molecule has 0 unspecified atom stereocenters. The van der Waals surface area contributed by atoms with Gasteiger partial charge in [-0.3, -0.25) is 9.59 Å². The van der Waals surface area contributed by atoms with Crippen LogP contribution in [0, 0.1) is 0 Å². The van der Waals surface area contributed by atoms with Crippen molar-refractivity contribution < 1.29 is 29.0 Å². The van der Waals surface area contributed by atoms with Crippen LogP contribution in [0.4, 0.5) is 0 Å². The van der Waals surface area contributed by atoms with Gasteiger partial charge in [-0.1, -0.05) is 18.2 Å². The van der Waals surface area contributed by atoms with E-state index in [-0.39, 0.29) is 6.42 Å². The molecule has 0 bridgehead atoms. The monoisotopic (exact) mass is 318 g/mol. The first-order valence-corrected chi connectivity index (χ1v) is 6.69. The largest absolute Gasteiger partial charge is 0.475 e. The predicted molar refractivity (Wildman–Crippen MR) is 78.3 cm³/mol. The van der Waals surface area contributed by atoms with Gasteiger partial charge < -0.3 is 20.6 Å². The van der Waals surface area contributed by atoms with Crippen LogP contribution in [0.3, 0.4) is 0 Å². The molecule has 8 nitrogen and oxygen atoms in total. The highest BCUT2D eigenvalue weighted by atomic mass is 16.6. The van der Waals surface area contributed by atoms with E-state index < -0.39 is 36.2 Å². The highest BCUT2D eigenvalue weighted by Crippen LogP contribution is 2.18. The minimum Gasteiger partial charge on any atom is -0.475 e. The zero-order valence-electron chi connectivity index (χ0n) is 11.9. The van der Waals surface area contributed by atoms with Gasteiger partial charge in [0.05, 0.1) is 0 Å². The number of carbonyl (C=O) groups excluding carboxylic acids is 3. The SMILES string of the molecule is N[C@@H](Cc1c[nH]c2ccccc12)C(=O)OC(=O)CC(=O)C(=O)O. The highest BCUT2D eigenvalue weighted by molar-refractivity contribution is 6.36. The van der Waals surface area contributed by atoms with Crippen LogP contribution in [0.1, 0.15) is 12.0 Å². The summed E-state index contributed by atoms with van der Waals surface area (Å²) in [5.74, 6) is -5.37. The van der Waals surface area contributed by atoms with Gasteiger partial charge in [0.2, 0.25) is 0 Å². The zero-order chi connectivity index (χ0) is 17.0. The molecule has 4 N–H and O–H groups in total. The van der Waals surface area contributed by atoms with Gasteiger partial charge in [-0.25, -0.2) is 9.59 Å². The average molecular weight is 318 g/mol. The van der Waals surface area contributed by atoms with Crippen LogP contribution >= 0.6 is 0 Å². The standard InChI is InChI=1S/C15H14N2O6/c16-10(15(22)23-13(19)6-12(18)14(20)21)5-8-7-17-11-4-2-1-3-9(8)11/h1-4,7,10,17H,5-6,16H2,(H,20,21)/t10-/m0/s1. The Labute approximate surface area is 130 Å². The summed E-state index contributed by atoms with van der Waals surface area (Å²) in [4.78, 5) is 47.2. The van der Waals surface area contributed by atoms with Crippen molar-refractivity contribution in [1.82, 2.24) is 4.98 Å². The number of aromatic amines is 1. The molecule has 1 atom stereocenters. The van der Waals surface area contributed by atoms with E-state index in [0.717, 1.165) is 16.5 Å². The normalized spacial score (nSPS) is 11.9. The maximum Gasteiger partial charge on any atom is 0.372 e. The molecule has 1 heterocycles. The maximum absolute atomic E-state index is 11.7. The van der Waals surface area contributed by atoms with Gasteiger partial charge in [-0.2, -0.15) is 0 Å². The Kier molecular flexibility index (Phi) is 4.87. The van der Waals surface area contributed by atoms with Gasteiger partial charge >= 0.3 is 17.9 Å². The zero-order valence-corrected chi connectivity index (χ0v) is 11.9. The lowest BCUT2D eigenvalue weighted by Gasteiger charge is -2.09. The van der Waals surface area contributed by atoms with E-state index in [1.165, 1.54) is 0 Å². The first kappa shape index (κ1) is 16.4. The van der Waals surface area contributed by atoms with Crippen molar-refractivity contribution in [3.05, 3.63) is 36.0 Å². The summed E-state index contributed by atoms with van der Waals surface area (Å²) in [5.41, 5.74) is 7.35. The molecule has 0 saturated carbocycles. The number of carbonyl (C=O) groups is 4. The number of ketones is 1. The van der Waals surface area contributed by atoms with Gasteiger partial charge in [0.1, 0.15) is 12.5 Å². The van der Waals surface area contributed by atoms with Crippen molar-refractivity contribution in [3.63, 3.8) is 0 Å². The van der Waals surface area contributed by atoms with E-state index in [1.54, 1.807) is 6.20 Å². The number of nitrogens with two attached hydrogens (primary N) is 1. The van der Waals surface area contributed by atoms with Crippen LogP contribution in [0.15, 0.2) is 30.5 Å². The van der Waals surface area contributed by atoms with Crippen molar-refractivity contribution in [2.75, 3.05) is 0 Å². The number of ether oxygens (including phenoxy) is 1. The van der Waals surface area contributed by atoms with Crippen molar-refractivity contribution in [3.8, 4) is 0 Å². The Balaban J connectivity index is 1.96. The lowest BCUT2D eigenvalue weighted by Crippen LogP contribution is -2.36. The van der Waals surface area contributed by atoms with Gasteiger partial charge in [-0.05, 0) is 11.6 Å². The Morgan fingerprint density at radius 2 is 1.91 bits per heavy atom. The fourth-order valence-corrected chi connectivity index (χ4v) is 2.05. The van der Waals surface area contributed by atoms with E-state index in [0.29, 0.717) is 0 Å². The number of fused-ring (bicyclic) bond motifs is 1. The summed E-state index contributed by atoms with van der Waals surface area (Å²) in [6, 6.07) is 6.30. The van der Waals surface area contributed by atoms with E-state index in [9.17, 15) is 19.2 Å². The summed E-state index contributed by atoms with van der Waals surface area (Å²) >= 11 is 0. The first-order chi connectivity index (χ1) is 10.9. The Morgan fingerprint density at radius 3 is 2.61 bits per heavy atom. The fourth-order valence-electron chi connectivity index (χ4n) is 2.05. The number of aromatic nitrogens is 1. The van der Waals surface area contributed by atoms with Crippen LogP contribution in [0.2, 0.25) is 0 Å². The minimum absolute atomic E-state index is 0.128. The Morgan fingerprint density at radius 1 is 1.22 bits per heavy atom. The van der Waals surface area contributed by atoms with E-state index in [2.05, 4.69) is 9.72 Å². The number of H-pyrrole nitrogens is 1. The van der Waals surface area contributed by atoms with E-state index >= 15 is 0 Å². The van der Waals surface area contributed by atoms with Crippen molar-refractivity contribution in [2.24, 2.45) is 5.73 Å². The second-order valence-electron chi connectivity index (χ2n) is 4.87. The Hall–Kier alpha value is -3.00. The summed E-state index contributed by atoms with van der Waals surface area (Å²) < 4.78 is 4.40. The number of benzene rings is 1. The molecular formula is C15H14N2O6. The molecule has 1 aromatic carbocycles. The molecule has 0 amide bonds. The van der Waals surface area contributed by atoms with Gasteiger partial charge in [0.25, 0.3) is 5.78 Å². The third-order valence-corrected chi connectivity index (χ3v) is 3.18. The predicted octanol–water partition coefficient (Wildman–Crippen LogP) is 0.151. The van der Waals surface area contributed by atoms with Crippen LogP contribution in [0.25, 0.3) is 10.9 Å². The number of para-hydroxylation sites is 1. The highest BCUT2D eigenvalue weighted by Gasteiger charge is 2.24. The van der Waals surface area contributed by atoms with Gasteiger partial charge in [-0.15, -0.1) is 0 Å². The molecule has 0 radical (unpaired) electrons. The van der Waals surface area contributed by atoms with Gasteiger partial charge in [0.15, 0.2) is 0 Å². The molecule has 23 heavy (non-hydrogen) atoms. The number of aliphatic carboxylic acids is 1. The lowest BCUT2D eigenvalue weighted by atomic mass is 10.1. The summed E-state index contributed by atoms with van der Waals surface area (Å²) in [7, 11) is 0. The minimum atomic E-state index is -1.77. The second-order valence-corrected chi connectivity index (χ2v) is 4.87. The van der Waals surface area contributed by atoms with Crippen molar-refractivity contribution in [2.45, 2.75) is 18.9 Å². The first-order valence-electron chi connectivity index (χ1n) is 6.69. The number of carboxylic acid groups (broad SMARTS) is 1. The average Bonchev–Trinajstić information content (AvgIpc) is 2.90. The van der Waals surface area contributed by atoms with E-state index in [4.69, 9.17) is 10.8 Å². The molecule has 1 aromatic heterocycles. The number of carboxylic acids is 1. The molecule has 2 aromatic rings. The Bertz CT molecular complexity index is 779. The molecule has 0 saturated heterocycles. The lowest BCUT2D eigenvalue weighted by molar-refractivity contribution is -0.163. The number of Topliss-reactive ketones (excluding diaryl/α,β-unsaturated/α-hetero) is 1. The molecule has 0 aliphatic carbocycles. The molecule has 0 fully saturated rings. The second kappa shape index (κ2) is 6.84. The van der Waals surface area contributed by atoms with Crippen LogP contribution in [-0.2, 0) is 30.3 Å². The molecule has 120 valence electrons. The quantitative estimate of drug-likeness (QED) is 0.391. The summed E-state index contributed by atoms with van der Waals surface area (Å²) in [5, 5.41) is 9.27. The topological polar surface area (TPSA) is 140 Å². The number of rotatable bonds is 6. The molecule has 8 heteroatoms. The number of esters is 2. The van der Waals surface area contributed by atoms with Crippen molar-refractivity contribution >= 4 is 34.6 Å². The number of nitrogens with one attached hydrogen (secondary N) is 1. The third-order valence-electron chi connectivity index (χ3n) is 3.18. The van der Waals surface area contributed by atoms with Crippen LogP contribution in [0.5, 0.6) is 0 Å². The fraction of sp³-hybridized carbons (Fsp3) is 0.200.